The van der Waals surface area contributed by atoms with E-state index < -0.39 is 12.7 Å². The van der Waals surface area contributed by atoms with E-state index in [2.05, 4.69) is 15.2 Å². The third kappa shape index (κ3) is 5.06. The Morgan fingerprint density at radius 3 is 2.52 bits per heavy atom. The number of H-pyrrole nitrogens is 1. The van der Waals surface area contributed by atoms with Crippen molar-refractivity contribution in [3.63, 3.8) is 0 Å². The summed E-state index contributed by atoms with van der Waals surface area (Å²) in [5.74, 6) is 1.20. The number of hydrogen-bond acceptors (Lipinski definition) is 4. The van der Waals surface area contributed by atoms with E-state index in [-0.39, 0.29) is 19.0 Å². The summed E-state index contributed by atoms with van der Waals surface area (Å²) in [6.45, 7) is 2.35. The number of rotatable bonds is 4. The van der Waals surface area contributed by atoms with Crippen LogP contribution in [-0.4, -0.2) is 69.8 Å². The van der Waals surface area contributed by atoms with Crippen LogP contribution < -0.4 is 0 Å². The first-order valence-corrected chi connectivity index (χ1v) is 8.96. The first kappa shape index (κ1) is 19.3. The van der Waals surface area contributed by atoms with Crippen molar-refractivity contribution in [1.82, 2.24) is 25.0 Å². The third-order valence-electron chi connectivity index (χ3n) is 4.54. The van der Waals surface area contributed by atoms with Gasteiger partial charge in [-0.15, -0.1) is 0 Å². The maximum Gasteiger partial charge on any atom is 0.401 e. The molecule has 1 aromatic carbocycles. The number of nitrogens with one attached hydrogen (secondary N) is 1. The maximum absolute atomic E-state index is 12.7. The van der Waals surface area contributed by atoms with Crippen LogP contribution in [0.4, 0.5) is 13.2 Å². The van der Waals surface area contributed by atoms with Crippen LogP contribution in [0.2, 0.25) is 0 Å². The molecule has 1 N–H and O–H groups in total. The maximum atomic E-state index is 12.7. The van der Waals surface area contributed by atoms with Crippen molar-refractivity contribution >= 4 is 5.91 Å². The fourth-order valence-electron chi connectivity index (χ4n) is 3.11. The highest BCUT2D eigenvalue weighted by Crippen LogP contribution is 2.19. The molecule has 0 bridgehead atoms. The van der Waals surface area contributed by atoms with Crippen LogP contribution in [0.3, 0.4) is 0 Å². The van der Waals surface area contributed by atoms with E-state index in [4.69, 9.17) is 0 Å². The molecule has 1 aliphatic heterocycles. The lowest BCUT2D eigenvalue weighted by Gasteiger charge is -2.22. The second kappa shape index (κ2) is 8.08. The number of aryl methyl sites for hydroxylation is 1. The van der Waals surface area contributed by atoms with Gasteiger partial charge in [0.15, 0.2) is 5.82 Å². The minimum absolute atomic E-state index is 0.167. The number of carbonyl (C=O) groups excluding carboxylic acids is 1. The molecule has 146 valence electrons. The van der Waals surface area contributed by atoms with Gasteiger partial charge in [0.2, 0.25) is 0 Å². The topological polar surface area (TPSA) is 65.1 Å². The lowest BCUT2D eigenvalue weighted by Crippen LogP contribution is -2.38. The van der Waals surface area contributed by atoms with Crippen LogP contribution in [0.5, 0.6) is 0 Å². The molecule has 0 unspecified atom stereocenters. The molecule has 6 nitrogen and oxygen atoms in total. The quantitative estimate of drug-likeness (QED) is 0.885. The molecule has 0 spiro atoms. The van der Waals surface area contributed by atoms with E-state index in [0.717, 1.165) is 17.8 Å². The van der Waals surface area contributed by atoms with E-state index >= 15 is 0 Å². The standard InChI is InChI=1S/C18H22F3N5O/c1-2-15-22-16(24-23-15)13-4-6-14(7-5-13)17(27)26-9-3-8-25(10-11-26)12-18(19,20)21/h4-7H,2-3,8-12H2,1H3,(H,22,23,24). The molecule has 0 aliphatic carbocycles. The lowest BCUT2D eigenvalue weighted by atomic mass is 10.1. The molecular weight excluding hydrogens is 359 g/mol. The monoisotopic (exact) mass is 381 g/mol. The van der Waals surface area contributed by atoms with Crippen LogP contribution in [-0.2, 0) is 6.42 Å². The van der Waals surface area contributed by atoms with Gasteiger partial charge in [-0.25, -0.2) is 4.98 Å². The molecule has 1 saturated heterocycles. The summed E-state index contributed by atoms with van der Waals surface area (Å²) in [5.41, 5.74) is 1.31. The number of carbonyl (C=O) groups is 1. The van der Waals surface area contributed by atoms with Crippen LogP contribution >= 0.6 is 0 Å². The van der Waals surface area contributed by atoms with Crippen molar-refractivity contribution in [3.05, 3.63) is 35.7 Å². The minimum atomic E-state index is -4.22. The summed E-state index contributed by atoms with van der Waals surface area (Å²) in [4.78, 5) is 20.0. The Balaban J connectivity index is 1.63. The average Bonchev–Trinajstić information content (AvgIpc) is 3.01. The van der Waals surface area contributed by atoms with E-state index in [0.29, 0.717) is 30.9 Å². The Kier molecular flexibility index (Phi) is 5.79. The van der Waals surface area contributed by atoms with Crippen molar-refractivity contribution in [2.45, 2.75) is 25.9 Å². The molecule has 9 heteroatoms. The van der Waals surface area contributed by atoms with Gasteiger partial charge in [0, 0.05) is 43.7 Å². The zero-order valence-corrected chi connectivity index (χ0v) is 15.1. The van der Waals surface area contributed by atoms with Gasteiger partial charge < -0.3 is 4.90 Å². The van der Waals surface area contributed by atoms with E-state index in [1.54, 1.807) is 29.2 Å². The summed E-state index contributed by atoms with van der Waals surface area (Å²) in [5, 5.41) is 6.99. The fraction of sp³-hybridized carbons (Fsp3) is 0.500. The zero-order chi connectivity index (χ0) is 19.4. The normalized spacial score (nSPS) is 16.4. The molecular formula is C18H22F3N5O. The number of aromatic nitrogens is 3. The van der Waals surface area contributed by atoms with Crippen LogP contribution in [0.1, 0.15) is 29.5 Å². The number of benzene rings is 1. The van der Waals surface area contributed by atoms with E-state index in [1.807, 2.05) is 6.92 Å². The first-order chi connectivity index (χ1) is 12.9. The molecule has 1 aliphatic rings. The second-order valence-corrected chi connectivity index (χ2v) is 6.57. The molecule has 3 rings (SSSR count). The highest BCUT2D eigenvalue weighted by molar-refractivity contribution is 5.94. The van der Waals surface area contributed by atoms with E-state index in [1.165, 1.54) is 4.90 Å². The SMILES string of the molecule is CCc1nc(-c2ccc(C(=O)N3CCCN(CC(F)(F)F)CC3)cc2)n[nH]1. The summed E-state index contributed by atoms with van der Waals surface area (Å²) in [7, 11) is 0. The van der Waals surface area contributed by atoms with E-state index in [9.17, 15) is 18.0 Å². The Morgan fingerprint density at radius 2 is 1.89 bits per heavy atom. The van der Waals surface area contributed by atoms with Crippen molar-refractivity contribution in [1.29, 1.82) is 0 Å². The average molecular weight is 381 g/mol. The van der Waals surface area contributed by atoms with Gasteiger partial charge in [0.05, 0.1) is 6.54 Å². The van der Waals surface area contributed by atoms with Crippen molar-refractivity contribution < 1.29 is 18.0 Å². The van der Waals surface area contributed by atoms with Crippen LogP contribution in [0.15, 0.2) is 24.3 Å². The highest BCUT2D eigenvalue weighted by atomic mass is 19.4. The summed E-state index contributed by atoms with van der Waals surface area (Å²) >= 11 is 0. The number of alkyl halides is 3. The van der Waals surface area contributed by atoms with Gasteiger partial charge >= 0.3 is 6.18 Å². The molecule has 1 fully saturated rings. The fourth-order valence-corrected chi connectivity index (χ4v) is 3.11. The largest absolute Gasteiger partial charge is 0.401 e. The summed E-state index contributed by atoms with van der Waals surface area (Å²) < 4.78 is 37.7. The Labute approximate surface area is 155 Å². The highest BCUT2D eigenvalue weighted by Gasteiger charge is 2.32. The number of hydrogen-bond donors (Lipinski definition) is 1. The number of aromatic amines is 1. The molecule has 0 atom stereocenters. The van der Waals surface area contributed by atoms with Gasteiger partial charge in [-0.05, 0) is 18.6 Å². The van der Waals surface area contributed by atoms with Crippen molar-refractivity contribution in [2.24, 2.45) is 0 Å². The Bertz CT molecular complexity index is 772. The Morgan fingerprint density at radius 1 is 1.15 bits per heavy atom. The third-order valence-corrected chi connectivity index (χ3v) is 4.54. The molecule has 2 aromatic rings. The van der Waals surface area contributed by atoms with Gasteiger partial charge in [-0.1, -0.05) is 19.1 Å². The molecule has 1 amide bonds. The number of amides is 1. The summed E-state index contributed by atoms with van der Waals surface area (Å²) in [6, 6.07) is 6.98. The number of nitrogens with zero attached hydrogens (tertiary/aromatic N) is 4. The predicted octanol–water partition coefficient (Wildman–Crippen LogP) is 2.74. The lowest BCUT2D eigenvalue weighted by molar-refractivity contribution is -0.145. The molecule has 0 saturated carbocycles. The predicted molar refractivity (Wildman–Crippen MR) is 94.2 cm³/mol. The Hall–Kier alpha value is -2.42. The summed E-state index contributed by atoms with van der Waals surface area (Å²) in [6.07, 6.45) is -2.94. The second-order valence-electron chi connectivity index (χ2n) is 6.57. The molecule has 1 aromatic heterocycles. The molecule has 0 radical (unpaired) electrons. The van der Waals surface area contributed by atoms with Gasteiger partial charge in [-0.2, -0.15) is 18.3 Å². The van der Waals surface area contributed by atoms with Gasteiger partial charge in [0.1, 0.15) is 5.82 Å². The first-order valence-electron chi connectivity index (χ1n) is 8.96. The van der Waals surface area contributed by atoms with Gasteiger partial charge in [-0.3, -0.25) is 14.8 Å². The number of halogens is 3. The van der Waals surface area contributed by atoms with Crippen molar-refractivity contribution in [3.8, 4) is 11.4 Å². The van der Waals surface area contributed by atoms with Crippen molar-refractivity contribution in [2.75, 3.05) is 32.7 Å². The van der Waals surface area contributed by atoms with Crippen LogP contribution in [0, 0.1) is 0 Å². The minimum Gasteiger partial charge on any atom is -0.337 e. The smallest absolute Gasteiger partial charge is 0.337 e. The molecule has 27 heavy (non-hydrogen) atoms. The molecule has 2 heterocycles. The van der Waals surface area contributed by atoms with Gasteiger partial charge in [0.25, 0.3) is 5.91 Å². The zero-order valence-electron chi connectivity index (χ0n) is 15.1. The van der Waals surface area contributed by atoms with Crippen LogP contribution in [0.25, 0.3) is 11.4 Å².